The summed E-state index contributed by atoms with van der Waals surface area (Å²) in [6.45, 7) is 5.42. The Morgan fingerprint density at radius 3 is 2.56 bits per heavy atom. The van der Waals surface area contributed by atoms with Crippen LogP contribution in [0.15, 0.2) is 0 Å². The fourth-order valence-electron chi connectivity index (χ4n) is 1.97. The van der Waals surface area contributed by atoms with Crippen LogP contribution in [0.2, 0.25) is 0 Å². The van der Waals surface area contributed by atoms with Crippen molar-refractivity contribution in [1.29, 1.82) is 0 Å². The summed E-state index contributed by atoms with van der Waals surface area (Å²) < 4.78 is 0. The molecule has 5 nitrogen and oxygen atoms in total. The lowest BCUT2D eigenvalue weighted by atomic mass is 10.3. The first kappa shape index (κ1) is 13.0. The zero-order chi connectivity index (χ0) is 12.0. The van der Waals surface area contributed by atoms with Crippen molar-refractivity contribution < 1.29 is 9.59 Å². The molecule has 0 radical (unpaired) electrons. The Morgan fingerprint density at radius 2 is 1.94 bits per heavy atom. The highest BCUT2D eigenvalue weighted by Gasteiger charge is 2.18. The molecule has 0 saturated carbocycles. The van der Waals surface area contributed by atoms with Crippen LogP contribution >= 0.6 is 0 Å². The van der Waals surface area contributed by atoms with Crippen LogP contribution in [0.4, 0.5) is 0 Å². The maximum absolute atomic E-state index is 11.7. The monoisotopic (exact) mass is 227 g/mol. The highest BCUT2D eigenvalue weighted by Crippen LogP contribution is 2.05. The summed E-state index contributed by atoms with van der Waals surface area (Å²) in [5.41, 5.74) is 5.16. The summed E-state index contributed by atoms with van der Waals surface area (Å²) in [7, 11) is 0. The summed E-state index contributed by atoms with van der Waals surface area (Å²) in [4.78, 5) is 26.4. The van der Waals surface area contributed by atoms with E-state index in [1.807, 2.05) is 16.7 Å². The van der Waals surface area contributed by atoms with Crippen LogP contribution < -0.4 is 5.73 Å². The first-order valence-corrected chi connectivity index (χ1v) is 5.92. The third-order valence-electron chi connectivity index (χ3n) is 2.78. The molecule has 0 unspecified atom stereocenters. The summed E-state index contributed by atoms with van der Waals surface area (Å²) in [6.07, 6.45) is 2.43. The number of primary amides is 1. The van der Waals surface area contributed by atoms with E-state index in [1.165, 1.54) is 0 Å². The Balaban J connectivity index is 2.39. The molecule has 1 aliphatic rings. The quantitative estimate of drug-likeness (QED) is 0.723. The van der Waals surface area contributed by atoms with E-state index in [9.17, 15) is 9.59 Å². The number of amides is 2. The second-order valence-electron chi connectivity index (χ2n) is 4.23. The molecule has 0 aromatic heterocycles. The Hall–Kier alpha value is -1.10. The molecule has 1 rings (SSSR count). The van der Waals surface area contributed by atoms with E-state index in [-0.39, 0.29) is 11.8 Å². The van der Waals surface area contributed by atoms with Gasteiger partial charge in [0.1, 0.15) is 0 Å². The molecular weight excluding hydrogens is 206 g/mol. The third-order valence-corrected chi connectivity index (χ3v) is 2.78. The van der Waals surface area contributed by atoms with Gasteiger partial charge in [0.2, 0.25) is 11.8 Å². The fraction of sp³-hybridized carbons (Fsp3) is 0.818. The number of nitrogens with zero attached hydrogens (tertiary/aromatic N) is 2. The Bertz CT molecular complexity index is 256. The van der Waals surface area contributed by atoms with Crippen molar-refractivity contribution in [2.75, 3.05) is 32.7 Å². The standard InChI is InChI=1S/C11H21N3O2/c1-2-4-11(16)14-6-3-5-13(7-8-14)9-10(12)15/h2-9H2,1H3,(H2,12,15). The maximum Gasteiger partial charge on any atom is 0.231 e. The van der Waals surface area contributed by atoms with E-state index < -0.39 is 0 Å². The van der Waals surface area contributed by atoms with Gasteiger partial charge >= 0.3 is 0 Å². The van der Waals surface area contributed by atoms with Crippen LogP contribution in [0.3, 0.4) is 0 Å². The molecule has 16 heavy (non-hydrogen) atoms. The Kier molecular flexibility index (Phi) is 5.25. The smallest absolute Gasteiger partial charge is 0.231 e. The topological polar surface area (TPSA) is 66.6 Å². The van der Waals surface area contributed by atoms with Crippen LogP contribution in [0.1, 0.15) is 26.2 Å². The summed E-state index contributed by atoms with van der Waals surface area (Å²) >= 11 is 0. The minimum absolute atomic E-state index is 0.225. The number of rotatable bonds is 4. The van der Waals surface area contributed by atoms with Crippen LogP contribution in [-0.4, -0.2) is 54.3 Å². The van der Waals surface area contributed by atoms with Gasteiger partial charge in [-0.2, -0.15) is 0 Å². The average Bonchev–Trinajstić information content (AvgIpc) is 2.43. The lowest BCUT2D eigenvalue weighted by Gasteiger charge is -2.21. The summed E-state index contributed by atoms with van der Waals surface area (Å²) in [5, 5.41) is 0. The molecule has 0 aromatic carbocycles. The predicted molar refractivity (Wildman–Crippen MR) is 61.7 cm³/mol. The van der Waals surface area contributed by atoms with Gasteiger partial charge in [-0.05, 0) is 12.8 Å². The molecule has 2 amide bonds. The van der Waals surface area contributed by atoms with E-state index in [2.05, 4.69) is 0 Å². The first-order valence-electron chi connectivity index (χ1n) is 5.92. The SMILES string of the molecule is CCCC(=O)N1CCCN(CC(N)=O)CC1. The molecule has 1 saturated heterocycles. The van der Waals surface area contributed by atoms with E-state index in [4.69, 9.17) is 5.73 Å². The maximum atomic E-state index is 11.7. The van der Waals surface area contributed by atoms with Crippen molar-refractivity contribution in [1.82, 2.24) is 9.80 Å². The summed E-state index contributed by atoms with van der Waals surface area (Å²) in [5.74, 6) is -0.0724. The lowest BCUT2D eigenvalue weighted by molar-refractivity contribution is -0.131. The van der Waals surface area contributed by atoms with Gasteiger partial charge in [-0.25, -0.2) is 0 Å². The van der Waals surface area contributed by atoms with Crippen molar-refractivity contribution in [2.24, 2.45) is 5.73 Å². The second kappa shape index (κ2) is 6.48. The fourth-order valence-corrected chi connectivity index (χ4v) is 1.97. The molecule has 1 fully saturated rings. The van der Waals surface area contributed by atoms with Crippen molar-refractivity contribution in [3.8, 4) is 0 Å². The third kappa shape index (κ3) is 4.18. The molecule has 5 heteroatoms. The number of hydrogen-bond acceptors (Lipinski definition) is 3. The molecular formula is C11H21N3O2. The zero-order valence-corrected chi connectivity index (χ0v) is 9.95. The lowest BCUT2D eigenvalue weighted by Crippen LogP contribution is -2.38. The number of carbonyl (C=O) groups is 2. The predicted octanol–water partition coefficient (Wildman–Crippen LogP) is -0.194. The molecule has 0 bridgehead atoms. The van der Waals surface area contributed by atoms with Crippen LogP contribution in [-0.2, 0) is 9.59 Å². The molecule has 0 atom stereocenters. The van der Waals surface area contributed by atoms with Crippen molar-refractivity contribution in [2.45, 2.75) is 26.2 Å². The van der Waals surface area contributed by atoms with Gasteiger partial charge in [0.15, 0.2) is 0 Å². The molecule has 1 aliphatic heterocycles. The van der Waals surface area contributed by atoms with Crippen LogP contribution in [0, 0.1) is 0 Å². The van der Waals surface area contributed by atoms with Gasteiger partial charge in [0.05, 0.1) is 6.54 Å². The number of carbonyl (C=O) groups excluding carboxylic acids is 2. The molecule has 0 aliphatic carbocycles. The molecule has 92 valence electrons. The van der Waals surface area contributed by atoms with Gasteiger partial charge in [0, 0.05) is 32.6 Å². The highest BCUT2D eigenvalue weighted by atomic mass is 16.2. The first-order chi connectivity index (χ1) is 7.63. The second-order valence-corrected chi connectivity index (χ2v) is 4.23. The summed E-state index contributed by atoms with van der Waals surface area (Å²) in [6, 6.07) is 0. The Morgan fingerprint density at radius 1 is 1.19 bits per heavy atom. The van der Waals surface area contributed by atoms with Crippen molar-refractivity contribution in [3.05, 3.63) is 0 Å². The van der Waals surface area contributed by atoms with Gasteiger partial charge in [-0.3, -0.25) is 14.5 Å². The van der Waals surface area contributed by atoms with Crippen LogP contribution in [0.25, 0.3) is 0 Å². The Labute approximate surface area is 96.6 Å². The van der Waals surface area contributed by atoms with Gasteiger partial charge in [-0.15, -0.1) is 0 Å². The van der Waals surface area contributed by atoms with E-state index >= 15 is 0 Å². The molecule has 2 N–H and O–H groups in total. The number of nitrogens with two attached hydrogens (primary N) is 1. The minimum atomic E-state index is -0.298. The van der Waals surface area contributed by atoms with E-state index in [1.54, 1.807) is 0 Å². The van der Waals surface area contributed by atoms with Crippen molar-refractivity contribution in [3.63, 3.8) is 0 Å². The largest absolute Gasteiger partial charge is 0.369 e. The normalized spacial score (nSPS) is 18.2. The van der Waals surface area contributed by atoms with Crippen molar-refractivity contribution >= 4 is 11.8 Å². The van der Waals surface area contributed by atoms with Crippen LogP contribution in [0.5, 0.6) is 0 Å². The van der Waals surface area contributed by atoms with E-state index in [0.29, 0.717) is 19.5 Å². The molecule has 0 aromatic rings. The molecule has 1 heterocycles. The number of hydrogen-bond donors (Lipinski definition) is 1. The van der Waals surface area contributed by atoms with E-state index in [0.717, 1.165) is 32.5 Å². The van der Waals surface area contributed by atoms with Gasteiger partial charge in [-0.1, -0.05) is 6.92 Å². The highest BCUT2D eigenvalue weighted by molar-refractivity contribution is 5.76. The zero-order valence-electron chi connectivity index (χ0n) is 9.95. The molecule has 0 spiro atoms. The van der Waals surface area contributed by atoms with Gasteiger partial charge < -0.3 is 10.6 Å². The average molecular weight is 227 g/mol. The minimum Gasteiger partial charge on any atom is -0.369 e. The van der Waals surface area contributed by atoms with Gasteiger partial charge in [0.25, 0.3) is 0 Å².